The quantitative estimate of drug-likeness (QED) is 0.812. The number of ether oxygens (including phenoxy) is 1. The molecule has 7 nitrogen and oxygen atoms in total. The van der Waals surface area contributed by atoms with Crippen molar-refractivity contribution >= 4 is 23.4 Å². The van der Waals surface area contributed by atoms with E-state index in [2.05, 4.69) is 20.6 Å². The molecule has 0 saturated heterocycles. The van der Waals surface area contributed by atoms with Crippen LogP contribution >= 0.6 is 0 Å². The summed E-state index contributed by atoms with van der Waals surface area (Å²) in [6, 6.07) is 9.43. The molecule has 2 rings (SSSR count). The van der Waals surface area contributed by atoms with Crippen LogP contribution in [-0.2, 0) is 14.3 Å². The van der Waals surface area contributed by atoms with E-state index < -0.39 is 11.6 Å². The van der Waals surface area contributed by atoms with Crippen LogP contribution in [0.25, 0.3) is 11.4 Å². The van der Waals surface area contributed by atoms with Gasteiger partial charge >= 0.3 is 5.97 Å². The molecule has 0 aliphatic rings. The molecule has 2 N–H and O–H groups in total. The van der Waals surface area contributed by atoms with E-state index in [1.54, 1.807) is 20.8 Å². The largest absolute Gasteiger partial charge is 0.459 e. The number of nitrogens with zero attached hydrogens (tertiary/aromatic N) is 2. The van der Waals surface area contributed by atoms with Crippen LogP contribution in [0.5, 0.6) is 0 Å². The van der Waals surface area contributed by atoms with Gasteiger partial charge < -0.3 is 15.4 Å². The van der Waals surface area contributed by atoms with Crippen molar-refractivity contribution in [2.45, 2.75) is 33.3 Å². The first kappa shape index (κ1) is 18.4. The molecule has 0 fully saturated rings. The van der Waals surface area contributed by atoms with Gasteiger partial charge in [-0.15, -0.1) is 0 Å². The monoisotopic (exact) mass is 342 g/mol. The normalized spacial score (nSPS) is 10.9. The molecule has 2 aromatic rings. The zero-order chi connectivity index (χ0) is 18.4. The molecule has 0 atom stereocenters. The highest BCUT2D eigenvalue weighted by Gasteiger charge is 2.17. The first-order valence-corrected chi connectivity index (χ1v) is 7.90. The summed E-state index contributed by atoms with van der Waals surface area (Å²) in [5, 5.41) is 5.56. The van der Waals surface area contributed by atoms with Crippen molar-refractivity contribution in [1.29, 1.82) is 0 Å². The van der Waals surface area contributed by atoms with Gasteiger partial charge in [-0.2, -0.15) is 0 Å². The molecule has 25 heavy (non-hydrogen) atoms. The number of anilines is 2. The van der Waals surface area contributed by atoms with Crippen LogP contribution in [0.4, 0.5) is 11.5 Å². The molecule has 0 aliphatic heterocycles. The fourth-order valence-electron chi connectivity index (χ4n) is 2.06. The number of nitrogens with one attached hydrogen (secondary N) is 2. The number of amides is 1. The first-order valence-electron chi connectivity index (χ1n) is 7.90. The summed E-state index contributed by atoms with van der Waals surface area (Å²) in [5.74, 6) is 0.175. The minimum absolute atomic E-state index is 0.0743. The molecule has 0 aliphatic carbocycles. The Bertz CT molecular complexity index is 755. The topological polar surface area (TPSA) is 93.2 Å². The third-order valence-electron chi connectivity index (χ3n) is 2.95. The second-order valence-electron chi connectivity index (χ2n) is 6.44. The van der Waals surface area contributed by atoms with Crippen LogP contribution in [0.3, 0.4) is 0 Å². The SMILES string of the molecule is CC(=O)Nc1cnc(-c2ccccc2)nc1NCC(=O)OC(C)(C)C. The van der Waals surface area contributed by atoms with Gasteiger partial charge in [-0.1, -0.05) is 30.3 Å². The maximum atomic E-state index is 11.9. The van der Waals surface area contributed by atoms with E-state index in [4.69, 9.17) is 4.74 Å². The van der Waals surface area contributed by atoms with Crippen molar-refractivity contribution in [3.05, 3.63) is 36.5 Å². The van der Waals surface area contributed by atoms with Gasteiger partial charge in [0.25, 0.3) is 0 Å². The Kier molecular flexibility index (Phi) is 5.69. The van der Waals surface area contributed by atoms with E-state index in [0.29, 0.717) is 17.3 Å². The molecule has 1 aromatic heterocycles. The zero-order valence-corrected chi connectivity index (χ0v) is 14.8. The molecule has 1 heterocycles. The number of carbonyl (C=O) groups excluding carboxylic acids is 2. The number of carbonyl (C=O) groups is 2. The first-order chi connectivity index (χ1) is 11.7. The van der Waals surface area contributed by atoms with Crippen molar-refractivity contribution < 1.29 is 14.3 Å². The lowest BCUT2D eigenvalue weighted by Crippen LogP contribution is -2.28. The highest BCUT2D eigenvalue weighted by atomic mass is 16.6. The van der Waals surface area contributed by atoms with Crippen LogP contribution < -0.4 is 10.6 Å². The maximum Gasteiger partial charge on any atom is 0.325 e. The van der Waals surface area contributed by atoms with E-state index in [1.807, 2.05) is 30.3 Å². The maximum absolute atomic E-state index is 11.9. The van der Waals surface area contributed by atoms with Crippen molar-refractivity contribution in [1.82, 2.24) is 9.97 Å². The lowest BCUT2D eigenvalue weighted by atomic mass is 10.2. The summed E-state index contributed by atoms with van der Waals surface area (Å²) in [4.78, 5) is 32.0. The van der Waals surface area contributed by atoms with E-state index in [9.17, 15) is 9.59 Å². The van der Waals surface area contributed by atoms with Crippen molar-refractivity contribution in [3.8, 4) is 11.4 Å². The molecule has 1 aromatic carbocycles. The molecule has 7 heteroatoms. The van der Waals surface area contributed by atoms with E-state index in [-0.39, 0.29) is 12.5 Å². The molecule has 0 bridgehead atoms. The van der Waals surface area contributed by atoms with Crippen LogP contribution in [0.2, 0.25) is 0 Å². The molecule has 0 spiro atoms. The third kappa shape index (κ3) is 5.87. The lowest BCUT2D eigenvalue weighted by molar-refractivity contribution is -0.152. The van der Waals surface area contributed by atoms with Gasteiger partial charge in [-0.3, -0.25) is 9.59 Å². The summed E-state index contributed by atoms with van der Waals surface area (Å²) in [6.45, 7) is 6.71. The van der Waals surface area contributed by atoms with E-state index in [0.717, 1.165) is 5.56 Å². The summed E-state index contributed by atoms with van der Waals surface area (Å²) in [7, 11) is 0. The average Bonchev–Trinajstić information content (AvgIpc) is 2.52. The van der Waals surface area contributed by atoms with Crippen molar-refractivity contribution in [2.75, 3.05) is 17.2 Å². The Hall–Kier alpha value is -2.96. The fraction of sp³-hybridized carbons (Fsp3) is 0.333. The number of esters is 1. The van der Waals surface area contributed by atoms with Gasteiger partial charge in [0.1, 0.15) is 17.8 Å². The summed E-state index contributed by atoms with van der Waals surface area (Å²) in [6.07, 6.45) is 1.51. The van der Waals surface area contributed by atoms with Crippen molar-refractivity contribution in [2.24, 2.45) is 0 Å². The molecule has 0 radical (unpaired) electrons. The number of rotatable bonds is 5. The van der Waals surface area contributed by atoms with Crippen LogP contribution in [0.1, 0.15) is 27.7 Å². The Labute approximate surface area is 146 Å². The minimum Gasteiger partial charge on any atom is -0.459 e. The number of benzene rings is 1. The van der Waals surface area contributed by atoms with Gasteiger partial charge in [0.05, 0.1) is 6.20 Å². The van der Waals surface area contributed by atoms with Crippen LogP contribution in [0.15, 0.2) is 36.5 Å². The Morgan fingerprint density at radius 2 is 1.84 bits per heavy atom. The smallest absolute Gasteiger partial charge is 0.325 e. The Balaban J connectivity index is 2.23. The Morgan fingerprint density at radius 3 is 2.44 bits per heavy atom. The van der Waals surface area contributed by atoms with Crippen molar-refractivity contribution in [3.63, 3.8) is 0 Å². The number of hydrogen-bond donors (Lipinski definition) is 2. The summed E-state index contributed by atoms with van der Waals surface area (Å²) in [5.41, 5.74) is 0.660. The van der Waals surface area contributed by atoms with Gasteiger partial charge in [0.15, 0.2) is 11.6 Å². The highest BCUT2D eigenvalue weighted by molar-refractivity contribution is 5.92. The second-order valence-corrected chi connectivity index (χ2v) is 6.44. The second kappa shape index (κ2) is 7.74. The number of hydrogen-bond acceptors (Lipinski definition) is 6. The van der Waals surface area contributed by atoms with Gasteiger partial charge in [-0.05, 0) is 20.8 Å². The molecule has 132 valence electrons. The van der Waals surface area contributed by atoms with E-state index in [1.165, 1.54) is 13.1 Å². The standard InChI is InChI=1S/C18H22N4O3/c1-12(23)21-14-10-19-16(13-8-6-5-7-9-13)22-17(14)20-11-15(24)25-18(2,3)4/h5-10H,11H2,1-4H3,(H,21,23)(H,19,20,22). The van der Waals surface area contributed by atoms with Crippen LogP contribution in [0, 0.1) is 0 Å². The molecule has 0 saturated carbocycles. The molecular formula is C18H22N4O3. The fourth-order valence-corrected chi connectivity index (χ4v) is 2.06. The lowest BCUT2D eigenvalue weighted by Gasteiger charge is -2.20. The summed E-state index contributed by atoms with van der Waals surface area (Å²) < 4.78 is 5.26. The molecule has 1 amide bonds. The Morgan fingerprint density at radius 1 is 1.16 bits per heavy atom. The zero-order valence-electron chi connectivity index (χ0n) is 14.8. The third-order valence-corrected chi connectivity index (χ3v) is 2.95. The van der Waals surface area contributed by atoms with Gasteiger partial charge in [0, 0.05) is 12.5 Å². The van der Waals surface area contributed by atoms with E-state index >= 15 is 0 Å². The predicted octanol–water partition coefficient (Wildman–Crippen LogP) is 2.86. The average molecular weight is 342 g/mol. The summed E-state index contributed by atoms with van der Waals surface area (Å²) >= 11 is 0. The van der Waals surface area contributed by atoms with Gasteiger partial charge in [-0.25, -0.2) is 9.97 Å². The molecule has 0 unspecified atom stereocenters. The van der Waals surface area contributed by atoms with Gasteiger partial charge in [0.2, 0.25) is 5.91 Å². The highest BCUT2D eigenvalue weighted by Crippen LogP contribution is 2.23. The molecular weight excluding hydrogens is 320 g/mol. The minimum atomic E-state index is -0.569. The van der Waals surface area contributed by atoms with Crippen LogP contribution in [-0.4, -0.2) is 34.0 Å². The predicted molar refractivity (Wildman–Crippen MR) is 96.1 cm³/mol. The number of aromatic nitrogens is 2.